The van der Waals surface area contributed by atoms with E-state index >= 15 is 0 Å². The normalized spacial score (nSPS) is 8.55. The molecule has 1 nitrogen and oxygen atoms in total. The monoisotopic (exact) mass is 231 g/mol. The van der Waals surface area contributed by atoms with Gasteiger partial charge in [-0.05, 0) is 6.42 Å². The van der Waals surface area contributed by atoms with Crippen LogP contribution < -0.4 is 5.46 Å². The molecule has 0 aliphatic heterocycles. The van der Waals surface area contributed by atoms with Gasteiger partial charge in [-0.25, -0.2) is 0 Å². The second-order valence-electron chi connectivity index (χ2n) is 2.18. The van der Waals surface area contributed by atoms with Gasteiger partial charge in [0.25, 0.3) is 0 Å². The molecular weight excluding hydrogens is 219 g/mol. The maximum Gasteiger partial charge on any atom is 0.327 e. The Labute approximate surface area is 82.4 Å². The standard InChI is InChI=1S/C8H10BO.Mo/c1-2-7-5-3-4-6-8(7)9-10;/h3-6,10H,2H2,1H3;. The molecule has 0 saturated carbocycles. The summed E-state index contributed by atoms with van der Waals surface area (Å²) in [4.78, 5) is 0. The van der Waals surface area contributed by atoms with Crippen LogP contribution in [0, 0.1) is 0 Å². The summed E-state index contributed by atoms with van der Waals surface area (Å²) in [5.74, 6) is 0. The average molecular weight is 229 g/mol. The van der Waals surface area contributed by atoms with E-state index < -0.39 is 0 Å². The Bertz CT molecular complexity index is 192. The largest absolute Gasteiger partial charge is 0.450 e. The van der Waals surface area contributed by atoms with Gasteiger partial charge in [-0.2, -0.15) is 0 Å². The van der Waals surface area contributed by atoms with Gasteiger partial charge in [0.1, 0.15) is 0 Å². The maximum atomic E-state index is 8.72. The van der Waals surface area contributed by atoms with Crippen molar-refractivity contribution in [3.05, 3.63) is 29.8 Å². The SMILES string of the molecule is CCc1ccccc1[B]O.[Mo]. The molecule has 0 amide bonds. The van der Waals surface area contributed by atoms with Gasteiger partial charge in [-0.15, -0.1) is 0 Å². The molecule has 1 radical (unpaired) electrons. The van der Waals surface area contributed by atoms with Crippen molar-refractivity contribution in [2.24, 2.45) is 0 Å². The van der Waals surface area contributed by atoms with Crippen molar-refractivity contribution < 1.29 is 26.1 Å². The van der Waals surface area contributed by atoms with E-state index in [1.165, 1.54) is 5.56 Å². The van der Waals surface area contributed by atoms with E-state index in [0.29, 0.717) is 0 Å². The summed E-state index contributed by atoms with van der Waals surface area (Å²) >= 11 is 0. The molecule has 0 fully saturated rings. The van der Waals surface area contributed by atoms with Gasteiger partial charge in [-0.3, -0.25) is 0 Å². The first-order chi connectivity index (χ1) is 4.88. The Morgan fingerprint density at radius 2 is 2.00 bits per heavy atom. The molecule has 0 aromatic heterocycles. The van der Waals surface area contributed by atoms with Crippen LogP contribution in [0.5, 0.6) is 0 Å². The fraction of sp³-hybridized carbons (Fsp3) is 0.250. The summed E-state index contributed by atoms with van der Waals surface area (Å²) in [7, 11) is 1.15. The minimum absolute atomic E-state index is 0. The molecule has 0 bridgehead atoms. The number of hydrogen-bond donors (Lipinski definition) is 1. The molecule has 0 heterocycles. The summed E-state index contributed by atoms with van der Waals surface area (Å²) in [6.07, 6.45) is 0.966. The molecule has 1 N–H and O–H groups in total. The molecule has 1 rings (SSSR count). The van der Waals surface area contributed by atoms with Gasteiger partial charge in [0.05, 0.1) is 0 Å². The third kappa shape index (κ3) is 2.80. The van der Waals surface area contributed by atoms with Gasteiger partial charge in [0.2, 0.25) is 0 Å². The molecule has 0 unspecified atom stereocenters. The molecule has 11 heavy (non-hydrogen) atoms. The Balaban J connectivity index is 0.000001000. The molecular formula is C8H10BMoO. The van der Waals surface area contributed by atoms with Crippen LogP contribution in [0.25, 0.3) is 0 Å². The van der Waals surface area contributed by atoms with E-state index in [0.717, 1.165) is 19.4 Å². The second-order valence-corrected chi connectivity index (χ2v) is 2.18. The van der Waals surface area contributed by atoms with Gasteiger partial charge >= 0.3 is 7.48 Å². The molecule has 0 aliphatic carbocycles. The van der Waals surface area contributed by atoms with Crippen LogP contribution in [0.1, 0.15) is 12.5 Å². The summed E-state index contributed by atoms with van der Waals surface area (Å²) in [5, 5.41) is 8.72. The Morgan fingerprint density at radius 1 is 1.36 bits per heavy atom. The molecule has 1 aromatic carbocycles. The summed E-state index contributed by atoms with van der Waals surface area (Å²) in [6.45, 7) is 2.07. The fourth-order valence-corrected chi connectivity index (χ4v) is 0.982. The minimum atomic E-state index is 0. The minimum Gasteiger partial charge on any atom is -0.450 e. The van der Waals surface area contributed by atoms with E-state index in [1.54, 1.807) is 0 Å². The average Bonchev–Trinajstić information content (AvgIpc) is 2.04. The van der Waals surface area contributed by atoms with E-state index in [9.17, 15) is 0 Å². The first kappa shape index (κ1) is 10.9. The van der Waals surface area contributed by atoms with E-state index in [-0.39, 0.29) is 21.1 Å². The first-order valence-corrected chi connectivity index (χ1v) is 3.43. The number of benzene rings is 1. The van der Waals surface area contributed by atoms with E-state index in [4.69, 9.17) is 5.02 Å². The van der Waals surface area contributed by atoms with Crippen LogP contribution in [0.15, 0.2) is 24.3 Å². The molecule has 0 aliphatic rings. The van der Waals surface area contributed by atoms with Crippen molar-refractivity contribution in [2.45, 2.75) is 13.3 Å². The summed E-state index contributed by atoms with van der Waals surface area (Å²) in [6, 6.07) is 7.81. The summed E-state index contributed by atoms with van der Waals surface area (Å²) in [5.41, 5.74) is 2.11. The summed E-state index contributed by atoms with van der Waals surface area (Å²) < 4.78 is 0. The van der Waals surface area contributed by atoms with Crippen molar-refractivity contribution in [1.82, 2.24) is 0 Å². The molecule has 3 heteroatoms. The molecule has 0 atom stereocenters. The van der Waals surface area contributed by atoms with Gasteiger partial charge in [-0.1, -0.05) is 42.2 Å². The molecule has 0 saturated heterocycles. The van der Waals surface area contributed by atoms with Crippen molar-refractivity contribution in [2.75, 3.05) is 0 Å². The maximum absolute atomic E-state index is 8.72. The smallest absolute Gasteiger partial charge is 0.327 e. The Morgan fingerprint density at radius 3 is 2.45 bits per heavy atom. The van der Waals surface area contributed by atoms with Crippen molar-refractivity contribution in [1.29, 1.82) is 0 Å². The third-order valence-electron chi connectivity index (χ3n) is 1.58. The van der Waals surface area contributed by atoms with Crippen LogP contribution in [-0.2, 0) is 27.5 Å². The molecule has 0 spiro atoms. The molecule has 1 aromatic rings. The predicted octanol–water partition coefficient (Wildman–Crippen LogP) is 0.483. The zero-order chi connectivity index (χ0) is 7.40. The van der Waals surface area contributed by atoms with Crippen molar-refractivity contribution in [3.63, 3.8) is 0 Å². The van der Waals surface area contributed by atoms with Crippen molar-refractivity contribution >= 4 is 12.9 Å². The predicted molar refractivity (Wildman–Crippen MR) is 43.4 cm³/mol. The Kier molecular flexibility index (Phi) is 5.53. The van der Waals surface area contributed by atoms with E-state index in [2.05, 4.69) is 6.92 Å². The topological polar surface area (TPSA) is 20.2 Å². The zero-order valence-electron chi connectivity index (χ0n) is 6.45. The quantitative estimate of drug-likeness (QED) is 0.731. The first-order valence-electron chi connectivity index (χ1n) is 3.43. The van der Waals surface area contributed by atoms with Crippen LogP contribution >= 0.6 is 0 Å². The van der Waals surface area contributed by atoms with Crippen molar-refractivity contribution in [3.8, 4) is 0 Å². The van der Waals surface area contributed by atoms with Gasteiger partial charge < -0.3 is 5.02 Å². The number of rotatable bonds is 2. The zero-order valence-corrected chi connectivity index (χ0v) is 8.46. The molecule has 57 valence electrons. The second kappa shape index (κ2) is 5.57. The van der Waals surface area contributed by atoms with Crippen LogP contribution in [0.4, 0.5) is 0 Å². The third-order valence-corrected chi connectivity index (χ3v) is 1.58. The van der Waals surface area contributed by atoms with Gasteiger partial charge in [0.15, 0.2) is 0 Å². The number of hydrogen-bond acceptors (Lipinski definition) is 1. The van der Waals surface area contributed by atoms with Crippen LogP contribution in [-0.4, -0.2) is 12.5 Å². The fourth-order valence-electron chi connectivity index (χ4n) is 0.982. The Hall–Kier alpha value is -0.0668. The van der Waals surface area contributed by atoms with Gasteiger partial charge in [0, 0.05) is 21.1 Å². The van der Waals surface area contributed by atoms with Crippen LogP contribution in [0.3, 0.4) is 0 Å². The van der Waals surface area contributed by atoms with Crippen LogP contribution in [0.2, 0.25) is 0 Å². The van der Waals surface area contributed by atoms with E-state index in [1.807, 2.05) is 24.3 Å². The number of aryl methyl sites for hydroxylation is 1.